The van der Waals surface area contributed by atoms with Crippen LogP contribution in [0.4, 0.5) is 11.4 Å². The number of nitrogens with zero attached hydrogens (tertiary/aromatic N) is 1. The number of benzene rings is 1. The van der Waals surface area contributed by atoms with Gasteiger partial charge in [0.2, 0.25) is 11.8 Å². The second-order valence-electron chi connectivity index (χ2n) is 7.39. The van der Waals surface area contributed by atoms with Gasteiger partial charge in [-0.15, -0.1) is 0 Å². The highest BCUT2D eigenvalue weighted by molar-refractivity contribution is 5.98. The van der Waals surface area contributed by atoms with Gasteiger partial charge in [-0.2, -0.15) is 0 Å². The van der Waals surface area contributed by atoms with Crippen LogP contribution in [-0.4, -0.2) is 30.9 Å². The number of hydrogen-bond donors (Lipinski definition) is 2. The maximum Gasteiger partial charge on any atom is 0.241 e. The van der Waals surface area contributed by atoms with E-state index in [0.717, 1.165) is 29.8 Å². The van der Waals surface area contributed by atoms with Crippen LogP contribution in [0.3, 0.4) is 0 Å². The van der Waals surface area contributed by atoms with E-state index in [0.29, 0.717) is 18.4 Å². The number of amides is 2. The van der Waals surface area contributed by atoms with Crippen LogP contribution in [0.1, 0.15) is 44.1 Å². The molecule has 1 aromatic carbocycles. The second-order valence-corrected chi connectivity index (χ2v) is 7.39. The predicted octanol–water partition coefficient (Wildman–Crippen LogP) is 2.45. The molecule has 2 fully saturated rings. The van der Waals surface area contributed by atoms with Crippen LogP contribution >= 0.6 is 0 Å². The van der Waals surface area contributed by atoms with Gasteiger partial charge in [0.1, 0.15) is 0 Å². The Morgan fingerprint density at radius 2 is 2.08 bits per heavy atom. The van der Waals surface area contributed by atoms with Gasteiger partial charge >= 0.3 is 0 Å². The van der Waals surface area contributed by atoms with Gasteiger partial charge in [-0.1, -0.05) is 12.8 Å². The first-order chi connectivity index (χ1) is 11.6. The second kappa shape index (κ2) is 6.20. The van der Waals surface area contributed by atoms with E-state index < -0.39 is 0 Å². The molecule has 3 aliphatic rings. The molecule has 1 saturated heterocycles. The van der Waals surface area contributed by atoms with Crippen molar-refractivity contribution in [1.29, 1.82) is 0 Å². The van der Waals surface area contributed by atoms with Crippen LogP contribution in [0, 0.1) is 5.92 Å². The van der Waals surface area contributed by atoms with Gasteiger partial charge in [0.25, 0.3) is 0 Å². The third-order valence-electron chi connectivity index (χ3n) is 5.87. The summed E-state index contributed by atoms with van der Waals surface area (Å²) in [6.07, 6.45) is 7.27. The highest BCUT2D eigenvalue weighted by Gasteiger charge is 2.38. The van der Waals surface area contributed by atoms with Crippen molar-refractivity contribution in [2.75, 3.05) is 17.3 Å². The maximum absolute atomic E-state index is 12.6. The minimum Gasteiger partial charge on any atom is -0.325 e. The number of carbonyl (C=O) groups is 2. The molecule has 2 amide bonds. The highest BCUT2D eigenvalue weighted by Crippen LogP contribution is 2.34. The first-order valence-electron chi connectivity index (χ1n) is 9.08. The molecule has 1 aromatic rings. The van der Waals surface area contributed by atoms with Crippen molar-refractivity contribution >= 4 is 23.2 Å². The van der Waals surface area contributed by atoms with Gasteiger partial charge in [0.05, 0.1) is 6.04 Å². The van der Waals surface area contributed by atoms with Gasteiger partial charge < -0.3 is 15.5 Å². The van der Waals surface area contributed by atoms with E-state index in [1.165, 1.54) is 25.7 Å². The van der Waals surface area contributed by atoms with E-state index in [1.54, 1.807) is 4.90 Å². The smallest absolute Gasteiger partial charge is 0.241 e. The Balaban J connectivity index is 1.44. The third kappa shape index (κ3) is 2.81. The molecule has 24 heavy (non-hydrogen) atoms. The highest BCUT2D eigenvalue weighted by atomic mass is 16.2. The first-order valence-corrected chi connectivity index (χ1v) is 9.08. The molecule has 0 radical (unpaired) electrons. The number of carbonyl (C=O) groups excluding carboxylic acids is 2. The fraction of sp³-hybridized carbons (Fsp3) is 0.579. The normalized spacial score (nSPS) is 29.1. The zero-order chi connectivity index (χ0) is 16.7. The zero-order valence-electron chi connectivity index (χ0n) is 14.2. The number of anilines is 2. The van der Waals surface area contributed by atoms with Crippen molar-refractivity contribution < 1.29 is 9.59 Å². The van der Waals surface area contributed by atoms with Crippen molar-refractivity contribution in [2.24, 2.45) is 5.92 Å². The Hall–Kier alpha value is -1.88. The van der Waals surface area contributed by atoms with Crippen LogP contribution in [0.15, 0.2) is 18.2 Å². The Morgan fingerprint density at radius 3 is 2.92 bits per heavy atom. The molecule has 3 atom stereocenters. The first kappa shape index (κ1) is 15.6. The van der Waals surface area contributed by atoms with Gasteiger partial charge in [0, 0.05) is 30.9 Å². The fourth-order valence-corrected chi connectivity index (χ4v) is 4.48. The van der Waals surface area contributed by atoms with E-state index in [2.05, 4.69) is 10.6 Å². The van der Waals surface area contributed by atoms with Gasteiger partial charge in [-0.05, 0) is 55.4 Å². The molecule has 5 nitrogen and oxygen atoms in total. The monoisotopic (exact) mass is 327 g/mol. The van der Waals surface area contributed by atoms with E-state index >= 15 is 0 Å². The van der Waals surface area contributed by atoms with Crippen LogP contribution in [0.5, 0.6) is 0 Å². The number of aryl methyl sites for hydroxylation is 1. The fourth-order valence-electron chi connectivity index (χ4n) is 4.48. The summed E-state index contributed by atoms with van der Waals surface area (Å²) in [4.78, 5) is 26.1. The van der Waals surface area contributed by atoms with Crippen LogP contribution in [-0.2, 0) is 16.0 Å². The van der Waals surface area contributed by atoms with Crippen molar-refractivity contribution in [1.82, 2.24) is 5.32 Å². The lowest BCUT2D eigenvalue weighted by Gasteiger charge is -2.26. The summed E-state index contributed by atoms with van der Waals surface area (Å²) in [6, 6.07) is 6.30. The molecule has 0 spiro atoms. The van der Waals surface area contributed by atoms with E-state index in [4.69, 9.17) is 0 Å². The predicted molar refractivity (Wildman–Crippen MR) is 94.1 cm³/mol. The average Bonchev–Trinajstić information content (AvgIpc) is 3.02. The molecule has 1 saturated carbocycles. The molecule has 0 unspecified atom stereocenters. The zero-order valence-corrected chi connectivity index (χ0v) is 14.2. The lowest BCUT2D eigenvalue weighted by Crippen LogP contribution is -2.40. The summed E-state index contributed by atoms with van der Waals surface area (Å²) in [6.45, 7) is 0. The number of hydrogen-bond acceptors (Lipinski definition) is 3. The van der Waals surface area contributed by atoms with Gasteiger partial charge in [-0.25, -0.2) is 0 Å². The van der Waals surface area contributed by atoms with E-state index in [9.17, 15) is 9.59 Å². The Morgan fingerprint density at radius 1 is 1.25 bits per heavy atom. The molecule has 1 aliphatic carbocycles. The summed E-state index contributed by atoms with van der Waals surface area (Å²) in [5.74, 6) is 0.888. The van der Waals surface area contributed by atoms with Crippen LogP contribution in [0.2, 0.25) is 0 Å². The topological polar surface area (TPSA) is 61.4 Å². The minimum atomic E-state index is -0.0709. The molecule has 2 N–H and O–H groups in total. The maximum atomic E-state index is 12.6. The minimum absolute atomic E-state index is 0.0709. The Bertz CT molecular complexity index is 659. The molecule has 0 bridgehead atoms. The van der Waals surface area contributed by atoms with Crippen molar-refractivity contribution in [3.05, 3.63) is 23.8 Å². The van der Waals surface area contributed by atoms with E-state index in [-0.39, 0.29) is 17.9 Å². The van der Waals surface area contributed by atoms with Gasteiger partial charge in [0.15, 0.2) is 0 Å². The number of fused-ring (bicyclic) bond motifs is 2. The molecule has 4 rings (SSSR count). The van der Waals surface area contributed by atoms with Crippen LogP contribution in [0.25, 0.3) is 0 Å². The Kier molecular flexibility index (Phi) is 4.04. The Labute approximate surface area is 142 Å². The third-order valence-corrected chi connectivity index (χ3v) is 5.87. The van der Waals surface area contributed by atoms with Crippen LogP contribution < -0.4 is 15.5 Å². The molecular weight excluding hydrogens is 302 g/mol. The molecule has 5 heteroatoms. The molecule has 0 aromatic heterocycles. The summed E-state index contributed by atoms with van der Waals surface area (Å²) in [7, 11) is 1.81. The quantitative estimate of drug-likeness (QED) is 0.877. The van der Waals surface area contributed by atoms with Crippen molar-refractivity contribution in [3.63, 3.8) is 0 Å². The largest absolute Gasteiger partial charge is 0.325 e. The number of rotatable bonds is 2. The lowest BCUT2D eigenvalue weighted by molar-refractivity contribution is -0.119. The SMILES string of the molecule is CN1C(=O)CCc2cc(NC(=O)[C@@H]3C[C@H]4CCCC[C@@H]4N3)ccc21. The molecule has 2 aliphatic heterocycles. The van der Waals surface area contributed by atoms with Gasteiger partial charge in [-0.3, -0.25) is 9.59 Å². The molecular formula is C19H25N3O2. The van der Waals surface area contributed by atoms with Crippen molar-refractivity contribution in [2.45, 2.75) is 57.0 Å². The van der Waals surface area contributed by atoms with Crippen molar-refractivity contribution in [3.8, 4) is 0 Å². The molecule has 128 valence electrons. The standard InChI is InChI=1S/C19H25N3O2/c1-22-17-8-7-14(10-13(17)6-9-18(22)23)20-19(24)16-11-12-4-2-3-5-15(12)21-16/h7-8,10,12,15-16,21H,2-6,9,11H2,1H3,(H,20,24)/t12-,15+,16+/m1/s1. The summed E-state index contributed by atoms with van der Waals surface area (Å²) in [5, 5.41) is 6.59. The summed E-state index contributed by atoms with van der Waals surface area (Å²) >= 11 is 0. The summed E-state index contributed by atoms with van der Waals surface area (Å²) < 4.78 is 0. The average molecular weight is 327 g/mol. The summed E-state index contributed by atoms with van der Waals surface area (Å²) in [5.41, 5.74) is 2.91. The van der Waals surface area contributed by atoms with E-state index in [1.807, 2.05) is 25.2 Å². The lowest BCUT2D eigenvalue weighted by atomic mass is 9.85. The number of nitrogens with one attached hydrogen (secondary N) is 2. The molecule has 2 heterocycles.